The summed E-state index contributed by atoms with van der Waals surface area (Å²) in [5, 5.41) is 5.99. The van der Waals surface area contributed by atoms with Gasteiger partial charge in [-0.1, -0.05) is 12.1 Å². The van der Waals surface area contributed by atoms with Crippen LogP contribution in [0.25, 0.3) is 0 Å². The van der Waals surface area contributed by atoms with Crippen molar-refractivity contribution in [2.24, 2.45) is 4.99 Å². The number of sulfonamides is 1. The van der Waals surface area contributed by atoms with E-state index in [1.54, 1.807) is 32.0 Å². The third kappa shape index (κ3) is 8.70. The lowest BCUT2D eigenvalue weighted by atomic mass is 10.2. The number of hydrogen-bond donors (Lipinski definition) is 3. The summed E-state index contributed by atoms with van der Waals surface area (Å²) < 4.78 is 60.8. The molecule has 0 radical (unpaired) electrons. The number of halogens is 2. The average Bonchev–Trinajstić information content (AvgIpc) is 2.65. The smallest absolute Gasteiger partial charge is 0.387 e. The first-order valence-electron chi connectivity index (χ1n) is 9.01. The van der Waals surface area contributed by atoms with Crippen LogP contribution in [0.3, 0.4) is 0 Å². The number of aliphatic imine (C=N–C) groups is 1. The van der Waals surface area contributed by atoms with Crippen LogP contribution < -0.4 is 24.8 Å². The molecule has 0 aliphatic carbocycles. The largest absolute Gasteiger partial charge is 0.490 e. The lowest BCUT2D eigenvalue weighted by Gasteiger charge is -2.15. The second kappa shape index (κ2) is 12.3. The summed E-state index contributed by atoms with van der Waals surface area (Å²) in [5.41, 5.74) is 0.440. The number of rotatable bonds is 12. The summed E-state index contributed by atoms with van der Waals surface area (Å²) in [6, 6.07) is 4.86. The summed E-state index contributed by atoms with van der Waals surface area (Å²) >= 11 is 0. The maximum Gasteiger partial charge on any atom is 0.387 e. The molecule has 0 aliphatic heterocycles. The third-order valence-corrected chi connectivity index (χ3v) is 4.84. The van der Waals surface area contributed by atoms with E-state index in [1.807, 2.05) is 6.92 Å². The number of alkyl halides is 2. The number of para-hydroxylation sites is 1. The van der Waals surface area contributed by atoms with Gasteiger partial charge in [0.05, 0.1) is 18.9 Å². The molecule has 0 unspecified atom stereocenters. The normalized spacial score (nSPS) is 12.1. The van der Waals surface area contributed by atoms with Gasteiger partial charge in [0.25, 0.3) is 0 Å². The summed E-state index contributed by atoms with van der Waals surface area (Å²) in [5.74, 6) is 0.602. The van der Waals surface area contributed by atoms with E-state index in [9.17, 15) is 17.2 Å². The molecular formula is C17H28F2N4O4S. The predicted octanol–water partition coefficient (Wildman–Crippen LogP) is 1.68. The van der Waals surface area contributed by atoms with Gasteiger partial charge < -0.3 is 20.1 Å². The minimum absolute atomic E-state index is 0.00421. The average molecular weight is 422 g/mol. The highest BCUT2D eigenvalue weighted by atomic mass is 32.2. The Morgan fingerprint density at radius 3 is 2.54 bits per heavy atom. The molecule has 1 aromatic carbocycles. The van der Waals surface area contributed by atoms with E-state index in [4.69, 9.17) is 4.74 Å². The minimum atomic E-state index is -3.26. The predicted molar refractivity (Wildman–Crippen MR) is 105 cm³/mol. The van der Waals surface area contributed by atoms with Gasteiger partial charge in [0.1, 0.15) is 0 Å². The molecule has 0 spiro atoms. The van der Waals surface area contributed by atoms with Crippen LogP contribution in [-0.2, 0) is 16.6 Å². The number of hydrogen-bond acceptors (Lipinski definition) is 5. The molecule has 11 heteroatoms. The van der Waals surface area contributed by atoms with Crippen molar-refractivity contribution in [3.8, 4) is 11.5 Å². The number of nitrogens with zero attached hydrogens (tertiary/aromatic N) is 1. The van der Waals surface area contributed by atoms with E-state index in [2.05, 4.69) is 25.1 Å². The number of nitrogens with one attached hydrogen (secondary N) is 3. The number of benzene rings is 1. The Hall–Kier alpha value is -2.14. The highest BCUT2D eigenvalue weighted by Crippen LogP contribution is 2.33. The second-order valence-corrected chi connectivity index (χ2v) is 7.57. The van der Waals surface area contributed by atoms with Gasteiger partial charge in [-0.2, -0.15) is 8.78 Å². The molecule has 1 rings (SSSR count). The maximum absolute atomic E-state index is 12.8. The molecule has 0 saturated heterocycles. The van der Waals surface area contributed by atoms with Crippen LogP contribution in [0.1, 0.15) is 26.3 Å². The van der Waals surface area contributed by atoms with Crippen molar-refractivity contribution >= 4 is 16.0 Å². The molecule has 0 heterocycles. The third-order valence-electron chi connectivity index (χ3n) is 3.44. The van der Waals surface area contributed by atoms with Gasteiger partial charge in [0, 0.05) is 25.2 Å². The summed E-state index contributed by atoms with van der Waals surface area (Å²) in [6.07, 6.45) is 0. The van der Waals surface area contributed by atoms with E-state index in [-0.39, 0.29) is 30.3 Å². The molecular weight excluding hydrogens is 394 g/mol. The Morgan fingerprint density at radius 1 is 1.18 bits per heavy atom. The Kier molecular flexibility index (Phi) is 10.5. The SMILES string of the molecule is CCNC(=NCc1cccc(OCC)c1OC(F)F)NCCNS(=O)(=O)CC. The molecule has 0 amide bonds. The standard InChI is InChI=1S/C17H28F2N4O4S/c1-4-20-17(21-10-11-23-28(24,25)6-3)22-12-13-8-7-9-14(26-5-2)15(13)27-16(18)19/h7-9,16,23H,4-6,10-12H2,1-3H3,(H2,20,21,22). The summed E-state index contributed by atoms with van der Waals surface area (Å²) in [6.45, 7) is 3.65. The zero-order valence-corrected chi connectivity index (χ0v) is 17.1. The first-order valence-corrected chi connectivity index (χ1v) is 10.7. The Bertz CT molecular complexity index is 730. The Labute approximate surface area is 164 Å². The van der Waals surface area contributed by atoms with Crippen LogP contribution in [-0.4, -0.2) is 53.0 Å². The highest BCUT2D eigenvalue weighted by molar-refractivity contribution is 7.89. The highest BCUT2D eigenvalue weighted by Gasteiger charge is 2.15. The molecule has 1 aromatic rings. The monoisotopic (exact) mass is 422 g/mol. The van der Waals surface area contributed by atoms with Gasteiger partial charge in [0.15, 0.2) is 17.5 Å². The molecule has 28 heavy (non-hydrogen) atoms. The van der Waals surface area contributed by atoms with E-state index < -0.39 is 16.6 Å². The quantitative estimate of drug-likeness (QED) is 0.269. The van der Waals surface area contributed by atoms with Crippen molar-refractivity contribution in [1.29, 1.82) is 0 Å². The van der Waals surface area contributed by atoms with Gasteiger partial charge in [-0.25, -0.2) is 18.1 Å². The van der Waals surface area contributed by atoms with Crippen LogP contribution in [0.2, 0.25) is 0 Å². The first kappa shape index (κ1) is 23.9. The van der Waals surface area contributed by atoms with E-state index in [1.165, 1.54) is 0 Å². The van der Waals surface area contributed by atoms with E-state index in [0.717, 1.165) is 0 Å². The lowest BCUT2D eigenvalue weighted by molar-refractivity contribution is -0.0520. The van der Waals surface area contributed by atoms with Crippen molar-refractivity contribution in [2.45, 2.75) is 33.9 Å². The second-order valence-electron chi connectivity index (χ2n) is 5.48. The Morgan fingerprint density at radius 2 is 1.93 bits per heavy atom. The van der Waals surface area contributed by atoms with Gasteiger partial charge in [0.2, 0.25) is 10.0 Å². The molecule has 3 N–H and O–H groups in total. The van der Waals surface area contributed by atoms with Crippen LogP contribution in [0.5, 0.6) is 11.5 Å². The number of ether oxygens (including phenoxy) is 2. The van der Waals surface area contributed by atoms with E-state index in [0.29, 0.717) is 31.2 Å². The molecule has 160 valence electrons. The van der Waals surface area contributed by atoms with Crippen LogP contribution in [0.4, 0.5) is 8.78 Å². The fraction of sp³-hybridized carbons (Fsp3) is 0.588. The summed E-state index contributed by atoms with van der Waals surface area (Å²) in [4.78, 5) is 4.34. The zero-order valence-electron chi connectivity index (χ0n) is 16.3. The molecule has 0 aromatic heterocycles. The summed E-state index contributed by atoms with van der Waals surface area (Å²) in [7, 11) is -3.26. The maximum atomic E-state index is 12.8. The van der Waals surface area contributed by atoms with Gasteiger partial charge >= 0.3 is 6.61 Å². The topological polar surface area (TPSA) is 101 Å². The van der Waals surface area contributed by atoms with Crippen molar-refractivity contribution in [3.05, 3.63) is 23.8 Å². The fourth-order valence-corrected chi connectivity index (χ4v) is 2.79. The van der Waals surface area contributed by atoms with Crippen molar-refractivity contribution in [2.75, 3.05) is 32.0 Å². The van der Waals surface area contributed by atoms with Crippen molar-refractivity contribution < 1.29 is 26.7 Å². The molecule has 0 atom stereocenters. The van der Waals surface area contributed by atoms with Crippen LogP contribution >= 0.6 is 0 Å². The van der Waals surface area contributed by atoms with Gasteiger partial charge in [-0.15, -0.1) is 0 Å². The van der Waals surface area contributed by atoms with Crippen molar-refractivity contribution in [3.63, 3.8) is 0 Å². The molecule has 0 fully saturated rings. The fourth-order valence-electron chi connectivity index (χ4n) is 2.17. The first-order chi connectivity index (χ1) is 13.3. The molecule has 0 bridgehead atoms. The molecule has 0 aliphatic rings. The zero-order chi connectivity index (χ0) is 21.0. The number of guanidine groups is 1. The van der Waals surface area contributed by atoms with Gasteiger partial charge in [-0.3, -0.25) is 0 Å². The molecule has 8 nitrogen and oxygen atoms in total. The molecule has 0 saturated carbocycles. The Balaban J connectivity index is 2.84. The van der Waals surface area contributed by atoms with Gasteiger partial charge in [-0.05, 0) is 26.8 Å². The van der Waals surface area contributed by atoms with Crippen LogP contribution in [0.15, 0.2) is 23.2 Å². The lowest BCUT2D eigenvalue weighted by Crippen LogP contribution is -2.41. The minimum Gasteiger partial charge on any atom is -0.490 e. The van der Waals surface area contributed by atoms with Crippen molar-refractivity contribution in [1.82, 2.24) is 15.4 Å². The van der Waals surface area contributed by atoms with E-state index >= 15 is 0 Å². The van der Waals surface area contributed by atoms with Crippen LogP contribution in [0, 0.1) is 0 Å².